The molecule has 204 valence electrons. The number of aromatic nitrogens is 2. The number of aliphatic hydroxyl groups excluding tert-OH is 1. The molecule has 4 N–H and O–H groups in total. The zero-order valence-corrected chi connectivity index (χ0v) is 22.1. The van der Waals surface area contributed by atoms with Crippen molar-refractivity contribution >= 4 is 25.3 Å². The van der Waals surface area contributed by atoms with Crippen LogP contribution in [0.15, 0.2) is 46.1 Å². The van der Waals surface area contributed by atoms with Gasteiger partial charge in [0, 0.05) is 6.20 Å². The van der Waals surface area contributed by atoms with E-state index in [1.807, 2.05) is 4.98 Å². The quantitative estimate of drug-likeness (QED) is 0.243. The first-order valence-electron chi connectivity index (χ1n) is 11.3. The summed E-state index contributed by atoms with van der Waals surface area (Å²) in [6.07, 6.45) is -3.89. The number of ether oxygens (including phenoxy) is 2. The number of carbonyl (C=O) groups is 1. The van der Waals surface area contributed by atoms with Crippen molar-refractivity contribution in [3.8, 4) is 5.75 Å². The third kappa shape index (κ3) is 6.88. The van der Waals surface area contributed by atoms with Crippen LogP contribution in [0.4, 0.5) is 0 Å². The molecule has 0 aliphatic carbocycles. The third-order valence-electron chi connectivity index (χ3n) is 5.37. The van der Waals surface area contributed by atoms with Crippen molar-refractivity contribution < 1.29 is 38.1 Å². The van der Waals surface area contributed by atoms with Crippen molar-refractivity contribution in [1.29, 1.82) is 0 Å². The first kappa shape index (κ1) is 29.1. The summed E-state index contributed by atoms with van der Waals surface area (Å²) in [5.41, 5.74) is -3.83. The van der Waals surface area contributed by atoms with Gasteiger partial charge in [0.05, 0.1) is 12.7 Å². The zero-order valence-electron chi connectivity index (χ0n) is 20.5. The number of esters is 1. The summed E-state index contributed by atoms with van der Waals surface area (Å²) in [6, 6.07) is 6.91. The number of aliphatic hydroxyl groups is 2. The molecule has 0 spiro atoms. The second-order valence-electron chi connectivity index (χ2n) is 8.88. The number of carbonyl (C=O) groups excluding carboxylic acids is 1. The molecule has 1 fully saturated rings. The first-order valence-corrected chi connectivity index (χ1v) is 13.2. The predicted molar refractivity (Wildman–Crippen MR) is 131 cm³/mol. The van der Waals surface area contributed by atoms with Gasteiger partial charge in [-0.05, 0) is 39.8 Å². The molecule has 1 aliphatic rings. The fraction of sp³-hybridized carbons (Fsp3) is 0.500. The van der Waals surface area contributed by atoms with Gasteiger partial charge in [-0.1, -0.05) is 29.8 Å². The molecular weight excluding hydrogens is 533 g/mol. The standard InChI is InChI=1S/C22H29ClN3O10P/c1-12(2)34-19(29)13(3)25-37(32,36-14-8-6-5-7-9-14)33-11-16-17(27)22(4,31)20(35-16)26-10-15(23)18(28)24-21(26)30/h5-10,12-13,16-17,20,27,31H,11H2,1-4H3,(H,25,32)(H,24,28,30). The predicted octanol–water partition coefficient (Wildman–Crippen LogP) is 1.33. The number of nitrogens with one attached hydrogen (secondary N) is 2. The smallest absolute Gasteiger partial charge is 0.459 e. The highest BCUT2D eigenvalue weighted by atomic mass is 35.5. The minimum atomic E-state index is -4.29. The molecule has 6 atom stereocenters. The molecule has 1 aromatic carbocycles. The Kier molecular flexibility index (Phi) is 9.01. The van der Waals surface area contributed by atoms with Gasteiger partial charge in [0.15, 0.2) is 6.23 Å². The highest BCUT2D eigenvalue weighted by Gasteiger charge is 2.54. The fourth-order valence-electron chi connectivity index (χ4n) is 3.52. The molecule has 0 radical (unpaired) electrons. The summed E-state index contributed by atoms with van der Waals surface area (Å²) >= 11 is 5.81. The van der Waals surface area contributed by atoms with E-state index in [2.05, 4.69) is 5.09 Å². The molecule has 2 aromatic rings. The number of benzene rings is 1. The zero-order chi connectivity index (χ0) is 27.5. The molecule has 3 rings (SSSR count). The Morgan fingerprint density at radius 2 is 1.95 bits per heavy atom. The summed E-state index contributed by atoms with van der Waals surface area (Å²) in [7, 11) is -4.29. The molecule has 0 bridgehead atoms. The molecule has 1 aromatic heterocycles. The van der Waals surface area contributed by atoms with E-state index in [4.69, 9.17) is 30.1 Å². The van der Waals surface area contributed by atoms with E-state index in [0.717, 1.165) is 10.8 Å². The van der Waals surface area contributed by atoms with E-state index in [9.17, 15) is 29.2 Å². The monoisotopic (exact) mass is 561 g/mol. The van der Waals surface area contributed by atoms with E-state index >= 15 is 0 Å². The Hall–Kier alpha value is -2.51. The summed E-state index contributed by atoms with van der Waals surface area (Å²) in [5, 5.41) is 23.8. The minimum absolute atomic E-state index is 0.162. The van der Waals surface area contributed by atoms with Crippen LogP contribution in [0.5, 0.6) is 5.75 Å². The largest absolute Gasteiger partial charge is 0.462 e. The minimum Gasteiger partial charge on any atom is -0.462 e. The second-order valence-corrected chi connectivity index (χ2v) is 11.0. The number of nitrogens with zero attached hydrogens (tertiary/aromatic N) is 1. The van der Waals surface area contributed by atoms with Crippen LogP contribution in [0.25, 0.3) is 0 Å². The van der Waals surface area contributed by atoms with Crippen LogP contribution in [-0.2, 0) is 23.4 Å². The van der Waals surface area contributed by atoms with Crippen molar-refractivity contribution in [2.75, 3.05) is 6.61 Å². The van der Waals surface area contributed by atoms with Crippen LogP contribution in [0.3, 0.4) is 0 Å². The molecule has 6 unspecified atom stereocenters. The van der Waals surface area contributed by atoms with Crippen molar-refractivity contribution in [3.05, 3.63) is 62.4 Å². The maximum absolute atomic E-state index is 13.6. The van der Waals surface area contributed by atoms with E-state index in [0.29, 0.717) is 0 Å². The molecule has 1 saturated heterocycles. The van der Waals surface area contributed by atoms with E-state index in [1.165, 1.54) is 26.0 Å². The van der Waals surface area contributed by atoms with Crippen molar-refractivity contribution in [1.82, 2.24) is 14.6 Å². The molecule has 15 heteroatoms. The van der Waals surface area contributed by atoms with Gasteiger partial charge in [-0.25, -0.2) is 9.36 Å². The van der Waals surface area contributed by atoms with Gasteiger partial charge >= 0.3 is 19.4 Å². The van der Waals surface area contributed by atoms with Gasteiger partial charge in [0.1, 0.15) is 34.6 Å². The lowest BCUT2D eigenvalue weighted by molar-refractivity contribution is -0.149. The van der Waals surface area contributed by atoms with Crippen LogP contribution < -0.4 is 20.9 Å². The average Bonchev–Trinajstić information content (AvgIpc) is 3.03. The summed E-state index contributed by atoms with van der Waals surface area (Å²) in [6.45, 7) is 5.33. The number of H-pyrrole nitrogens is 1. The summed E-state index contributed by atoms with van der Waals surface area (Å²) in [4.78, 5) is 38.1. The second kappa shape index (κ2) is 11.5. The first-order chi connectivity index (χ1) is 17.2. The van der Waals surface area contributed by atoms with Crippen LogP contribution in [-0.4, -0.2) is 62.3 Å². The lowest BCUT2D eigenvalue weighted by atomic mass is 9.96. The molecule has 0 amide bonds. The summed E-state index contributed by atoms with van der Waals surface area (Å²) < 4.78 is 36.3. The van der Waals surface area contributed by atoms with E-state index in [1.54, 1.807) is 32.0 Å². The lowest BCUT2D eigenvalue weighted by Crippen LogP contribution is -2.47. The van der Waals surface area contributed by atoms with Crippen molar-refractivity contribution in [3.63, 3.8) is 0 Å². The normalized spacial score (nSPS) is 26.0. The number of halogens is 1. The van der Waals surface area contributed by atoms with E-state index in [-0.39, 0.29) is 10.8 Å². The molecule has 2 heterocycles. The number of para-hydroxylation sites is 1. The van der Waals surface area contributed by atoms with Gasteiger partial charge < -0.3 is 24.2 Å². The maximum Gasteiger partial charge on any atom is 0.459 e. The Morgan fingerprint density at radius 1 is 1.30 bits per heavy atom. The Balaban J connectivity index is 1.82. The molecule has 0 saturated carbocycles. The Bertz CT molecular complexity index is 1270. The van der Waals surface area contributed by atoms with E-state index < -0.39 is 67.8 Å². The molecule has 13 nitrogen and oxygen atoms in total. The van der Waals surface area contributed by atoms with Gasteiger partial charge in [0.25, 0.3) is 5.56 Å². The van der Waals surface area contributed by atoms with Crippen LogP contribution in [0.1, 0.15) is 33.9 Å². The maximum atomic E-state index is 13.6. The number of hydrogen-bond donors (Lipinski definition) is 4. The van der Waals surface area contributed by atoms with Gasteiger partial charge in [-0.3, -0.25) is 23.7 Å². The summed E-state index contributed by atoms with van der Waals surface area (Å²) in [5.74, 6) is -0.542. The number of rotatable bonds is 10. The third-order valence-corrected chi connectivity index (χ3v) is 7.28. The SMILES string of the molecule is CC(C)OC(=O)C(C)NP(=O)(OCC1OC(n2cc(Cl)c(=O)[nH]c2=O)C(C)(O)C1O)Oc1ccccc1. The van der Waals surface area contributed by atoms with Crippen LogP contribution in [0.2, 0.25) is 5.02 Å². The molecule has 37 heavy (non-hydrogen) atoms. The van der Waals surface area contributed by atoms with Gasteiger partial charge in [0.2, 0.25) is 0 Å². The van der Waals surface area contributed by atoms with Gasteiger partial charge in [-0.2, -0.15) is 5.09 Å². The fourth-order valence-corrected chi connectivity index (χ4v) is 5.17. The van der Waals surface area contributed by atoms with Crippen molar-refractivity contribution in [2.45, 2.75) is 63.9 Å². The Labute approximate surface area is 216 Å². The Morgan fingerprint density at radius 3 is 2.57 bits per heavy atom. The van der Waals surface area contributed by atoms with Crippen molar-refractivity contribution in [2.24, 2.45) is 0 Å². The molecule has 1 aliphatic heterocycles. The molecular formula is C22H29ClN3O10P. The highest BCUT2D eigenvalue weighted by Crippen LogP contribution is 2.46. The number of aromatic amines is 1. The van der Waals surface area contributed by atoms with Crippen LogP contribution >= 0.6 is 19.3 Å². The van der Waals surface area contributed by atoms with Gasteiger partial charge in [-0.15, -0.1) is 0 Å². The highest BCUT2D eigenvalue weighted by molar-refractivity contribution is 7.52. The number of hydrogen-bond acceptors (Lipinski definition) is 10. The average molecular weight is 562 g/mol. The lowest BCUT2D eigenvalue weighted by Gasteiger charge is -2.27. The topological polar surface area (TPSA) is 178 Å². The van der Waals surface area contributed by atoms with Crippen LogP contribution in [0, 0.1) is 0 Å².